The number of carbonyl (C=O) groups is 1. The summed E-state index contributed by atoms with van der Waals surface area (Å²) in [7, 11) is 0. The van der Waals surface area contributed by atoms with E-state index in [4.69, 9.17) is 11.6 Å². The second-order valence-corrected chi connectivity index (χ2v) is 5.56. The predicted octanol–water partition coefficient (Wildman–Crippen LogP) is 1.09. The number of piperidine rings is 1. The molecule has 2 fully saturated rings. The maximum atomic E-state index is 13.2. The van der Waals surface area contributed by atoms with E-state index in [-0.39, 0.29) is 16.9 Å². The van der Waals surface area contributed by atoms with Crippen molar-refractivity contribution in [1.29, 1.82) is 0 Å². The fourth-order valence-electron chi connectivity index (χ4n) is 2.87. The van der Waals surface area contributed by atoms with Gasteiger partial charge >= 0.3 is 0 Å². The van der Waals surface area contributed by atoms with E-state index >= 15 is 0 Å². The van der Waals surface area contributed by atoms with Gasteiger partial charge in [0.2, 0.25) is 11.8 Å². The SMILES string of the molecule is O=C(NC1CC2CCN(C2)C1)c1ncc(Cl)c(F)n1. The molecule has 2 aliphatic heterocycles. The van der Waals surface area contributed by atoms with Gasteiger partial charge in [-0.1, -0.05) is 11.6 Å². The van der Waals surface area contributed by atoms with E-state index in [2.05, 4.69) is 20.2 Å². The van der Waals surface area contributed by atoms with Crippen LogP contribution in [0.25, 0.3) is 0 Å². The lowest BCUT2D eigenvalue weighted by Gasteiger charge is -2.30. The lowest BCUT2D eigenvalue weighted by atomic mass is 9.97. The fourth-order valence-corrected chi connectivity index (χ4v) is 2.96. The van der Waals surface area contributed by atoms with Crippen molar-refractivity contribution in [2.75, 3.05) is 19.6 Å². The summed E-state index contributed by atoms with van der Waals surface area (Å²) in [6.45, 7) is 3.07. The summed E-state index contributed by atoms with van der Waals surface area (Å²) in [6.07, 6.45) is 3.27. The molecule has 1 aromatic heterocycles. The number of hydrogen-bond acceptors (Lipinski definition) is 4. The highest BCUT2D eigenvalue weighted by Crippen LogP contribution is 2.26. The number of nitrogens with one attached hydrogen (secondary N) is 1. The fraction of sp³-hybridized carbons (Fsp3) is 0.583. The molecule has 0 spiro atoms. The Labute approximate surface area is 115 Å². The minimum absolute atomic E-state index is 0.0936. The Bertz CT molecular complexity index is 501. The Kier molecular flexibility index (Phi) is 3.36. The lowest BCUT2D eigenvalue weighted by Crippen LogP contribution is -2.47. The molecule has 19 heavy (non-hydrogen) atoms. The molecule has 0 aliphatic carbocycles. The van der Waals surface area contributed by atoms with Gasteiger partial charge in [0.1, 0.15) is 5.02 Å². The summed E-state index contributed by atoms with van der Waals surface area (Å²) in [5, 5.41) is 2.69. The molecular weight excluding hydrogens is 271 g/mol. The number of carbonyl (C=O) groups excluding carboxylic acids is 1. The molecule has 0 aromatic carbocycles. The molecule has 2 bridgehead atoms. The molecule has 0 saturated carbocycles. The van der Waals surface area contributed by atoms with Crippen LogP contribution >= 0.6 is 11.6 Å². The summed E-state index contributed by atoms with van der Waals surface area (Å²) in [5.74, 6) is -0.825. The molecule has 1 amide bonds. The number of aromatic nitrogens is 2. The number of nitrogens with zero attached hydrogens (tertiary/aromatic N) is 3. The molecule has 7 heteroatoms. The first kappa shape index (κ1) is 12.7. The topological polar surface area (TPSA) is 58.1 Å². The molecule has 1 aromatic rings. The lowest BCUT2D eigenvalue weighted by molar-refractivity contribution is 0.0897. The average molecular weight is 285 g/mol. The van der Waals surface area contributed by atoms with Gasteiger partial charge < -0.3 is 10.2 Å². The van der Waals surface area contributed by atoms with Gasteiger partial charge in [-0.2, -0.15) is 9.37 Å². The number of rotatable bonds is 2. The largest absolute Gasteiger partial charge is 0.345 e. The molecule has 2 saturated heterocycles. The van der Waals surface area contributed by atoms with Crippen LogP contribution in [-0.4, -0.2) is 46.5 Å². The van der Waals surface area contributed by atoms with Gasteiger partial charge in [-0.25, -0.2) is 4.98 Å². The third-order valence-electron chi connectivity index (χ3n) is 3.71. The summed E-state index contributed by atoms with van der Waals surface area (Å²) >= 11 is 5.49. The number of halogens is 2. The van der Waals surface area contributed by atoms with Gasteiger partial charge in [-0.15, -0.1) is 0 Å². The monoisotopic (exact) mass is 284 g/mol. The highest BCUT2D eigenvalue weighted by Gasteiger charge is 2.33. The van der Waals surface area contributed by atoms with E-state index < -0.39 is 11.9 Å². The number of amides is 1. The van der Waals surface area contributed by atoms with Crippen LogP contribution in [0.15, 0.2) is 6.20 Å². The van der Waals surface area contributed by atoms with Crippen molar-refractivity contribution in [2.24, 2.45) is 5.92 Å². The Morgan fingerprint density at radius 3 is 3.11 bits per heavy atom. The Morgan fingerprint density at radius 1 is 1.53 bits per heavy atom. The quantitative estimate of drug-likeness (QED) is 0.826. The van der Waals surface area contributed by atoms with E-state index in [1.54, 1.807) is 0 Å². The Morgan fingerprint density at radius 2 is 2.37 bits per heavy atom. The Balaban J connectivity index is 1.66. The van der Waals surface area contributed by atoms with Gasteiger partial charge in [0.15, 0.2) is 0 Å². The van der Waals surface area contributed by atoms with Gasteiger partial charge in [-0.05, 0) is 25.3 Å². The van der Waals surface area contributed by atoms with E-state index in [0.29, 0.717) is 5.92 Å². The maximum Gasteiger partial charge on any atom is 0.289 e. The first-order valence-corrected chi connectivity index (χ1v) is 6.71. The molecule has 102 valence electrons. The van der Waals surface area contributed by atoms with Gasteiger partial charge in [0.25, 0.3) is 5.91 Å². The zero-order valence-corrected chi connectivity index (χ0v) is 11.0. The average Bonchev–Trinajstić information content (AvgIpc) is 2.72. The smallest absolute Gasteiger partial charge is 0.289 e. The molecule has 3 heterocycles. The van der Waals surface area contributed by atoms with Crippen molar-refractivity contribution < 1.29 is 9.18 Å². The summed E-state index contributed by atoms with van der Waals surface area (Å²) in [4.78, 5) is 21.5. The van der Waals surface area contributed by atoms with Gasteiger partial charge in [0.05, 0.1) is 6.20 Å². The third-order valence-corrected chi connectivity index (χ3v) is 3.96. The summed E-state index contributed by atoms with van der Waals surface area (Å²) in [5.41, 5.74) is 0. The summed E-state index contributed by atoms with van der Waals surface area (Å²) < 4.78 is 13.2. The zero-order valence-electron chi connectivity index (χ0n) is 10.3. The van der Waals surface area contributed by atoms with Crippen LogP contribution in [0.3, 0.4) is 0 Å². The Hall–Kier alpha value is -1.27. The van der Waals surface area contributed by atoms with E-state index in [1.807, 2.05) is 0 Å². The van der Waals surface area contributed by atoms with Crippen molar-refractivity contribution in [2.45, 2.75) is 18.9 Å². The van der Waals surface area contributed by atoms with Crippen molar-refractivity contribution in [3.8, 4) is 0 Å². The molecule has 0 radical (unpaired) electrons. The molecule has 3 rings (SSSR count). The second-order valence-electron chi connectivity index (χ2n) is 5.15. The van der Waals surface area contributed by atoms with E-state index in [0.717, 1.165) is 32.3 Å². The van der Waals surface area contributed by atoms with Crippen LogP contribution in [0.4, 0.5) is 4.39 Å². The second kappa shape index (κ2) is 5.02. The van der Waals surface area contributed by atoms with Crippen LogP contribution in [0, 0.1) is 11.9 Å². The number of fused-ring (bicyclic) bond motifs is 2. The van der Waals surface area contributed by atoms with Gasteiger partial charge in [0, 0.05) is 19.1 Å². The van der Waals surface area contributed by atoms with Crippen LogP contribution in [-0.2, 0) is 0 Å². The van der Waals surface area contributed by atoms with Crippen LogP contribution < -0.4 is 5.32 Å². The highest BCUT2D eigenvalue weighted by molar-refractivity contribution is 6.30. The first-order chi connectivity index (χ1) is 9.11. The highest BCUT2D eigenvalue weighted by atomic mass is 35.5. The molecule has 2 aliphatic rings. The first-order valence-electron chi connectivity index (χ1n) is 6.33. The normalized spacial score (nSPS) is 29.3. The van der Waals surface area contributed by atoms with E-state index in [9.17, 15) is 9.18 Å². The molecule has 5 nitrogen and oxygen atoms in total. The van der Waals surface area contributed by atoms with Crippen molar-refractivity contribution in [1.82, 2.24) is 20.2 Å². The van der Waals surface area contributed by atoms with Gasteiger partial charge in [-0.3, -0.25) is 4.79 Å². The molecule has 3 unspecified atom stereocenters. The zero-order chi connectivity index (χ0) is 13.4. The van der Waals surface area contributed by atoms with Crippen LogP contribution in [0.1, 0.15) is 23.5 Å². The van der Waals surface area contributed by atoms with Crippen LogP contribution in [0.2, 0.25) is 5.02 Å². The van der Waals surface area contributed by atoms with E-state index in [1.165, 1.54) is 6.42 Å². The third kappa shape index (κ3) is 2.69. The minimum Gasteiger partial charge on any atom is -0.345 e. The van der Waals surface area contributed by atoms with Crippen molar-refractivity contribution >= 4 is 17.5 Å². The molecule has 3 atom stereocenters. The number of hydrogen-bond donors (Lipinski definition) is 1. The molecule has 1 N–H and O–H groups in total. The molecular formula is C12H14ClFN4O. The van der Waals surface area contributed by atoms with Crippen molar-refractivity contribution in [3.05, 3.63) is 23.0 Å². The maximum absolute atomic E-state index is 13.2. The van der Waals surface area contributed by atoms with Crippen LogP contribution in [0.5, 0.6) is 0 Å². The minimum atomic E-state index is -0.866. The summed E-state index contributed by atoms with van der Waals surface area (Å²) in [6, 6.07) is 0.0936. The standard InChI is InChI=1S/C12H14ClFN4O/c13-9-4-15-11(17-10(9)14)12(19)16-8-3-7-1-2-18(5-7)6-8/h4,7-8H,1-3,5-6H2,(H,16,19). The van der Waals surface area contributed by atoms with Crippen molar-refractivity contribution in [3.63, 3.8) is 0 Å². The predicted molar refractivity (Wildman–Crippen MR) is 67.4 cm³/mol.